The summed E-state index contributed by atoms with van der Waals surface area (Å²) in [6, 6.07) is 8.76. The van der Waals surface area contributed by atoms with Gasteiger partial charge in [0.2, 0.25) is 5.91 Å². The fourth-order valence-corrected chi connectivity index (χ4v) is 1.01. The van der Waals surface area contributed by atoms with Gasteiger partial charge in [-0.15, -0.1) is 0 Å². The number of amides is 2. The molecule has 94 valence electrons. The normalized spacial score (nSPS) is 12.1. The molecule has 2 rings (SSSR count). The molecule has 7 nitrogen and oxygen atoms in total. The van der Waals surface area contributed by atoms with Crippen molar-refractivity contribution in [3.05, 3.63) is 48.2 Å². The van der Waals surface area contributed by atoms with E-state index in [9.17, 15) is 9.59 Å². The van der Waals surface area contributed by atoms with Gasteiger partial charge in [0.1, 0.15) is 0 Å². The molecule has 0 fully saturated rings. The van der Waals surface area contributed by atoms with Gasteiger partial charge in [0, 0.05) is 11.8 Å². The van der Waals surface area contributed by atoms with Crippen LogP contribution in [0.3, 0.4) is 0 Å². The summed E-state index contributed by atoms with van der Waals surface area (Å²) in [4.78, 5) is 20.5. The second-order valence-corrected chi connectivity index (χ2v) is 3.10. The lowest BCUT2D eigenvalue weighted by molar-refractivity contribution is 0.1000. The molecule has 1 heterocycles. The highest BCUT2D eigenvalue weighted by molar-refractivity contribution is 5.92. The summed E-state index contributed by atoms with van der Waals surface area (Å²) in [5.74, 6) is -0.379. The van der Waals surface area contributed by atoms with Crippen LogP contribution in [0.4, 0.5) is 4.79 Å². The number of carboxylic acid groups (broad SMARTS) is 1. The quantitative estimate of drug-likeness (QED) is 0.682. The molecular formula is C11H12N4O3. The molecule has 7 heteroatoms. The number of nitrogens with one attached hydrogen (secondary N) is 1. The van der Waals surface area contributed by atoms with Gasteiger partial charge < -0.3 is 10.8 Å². The first-order valence-electron chi connectivity index (χ1n) is 4.94. The molecule has 0 saturated heterocycles. The molecule has 1 aromatic rings. The number of hydrazine groups is 1. The van der Waals surface area contributed by atoms with Crippen LogP contribution in [0.15, 0.2) is 47.7 Å². The van der Waals surface area contributed by atoms with Crippen LogP contribution in [0, 0.1) is 0 Å². The van der Waals surface area contributed by atoms with Crippen molar-refractivity contribution in [2.24, 2.45) is 10.8 Å². The monoisotopic (exact) mass is 248 g/mol. The molecule has 0 bridgehead atoms. The van der Waals surface area contributed by atoms with E-state index in [4.69, 9.17) is 10.8 Å². The van der Waals surface area contributed by atoms with Crippen molar-refractivity contribution in [3.8, 4) is 0 Å². The number of hydrazone groups is 1. The summed E-state index contributed by atoms with van der Waals surface area (Å²) in [6.45, 7) is 0. The van der Waals surface area contributed by atoms with Crippen LogP contribution in [0.25, 0.3) is 0 Å². The molecule has 4 N–H and O–H groups in total. The third-order valence-corrected chi connectivity index (χ3v) is 1.83. The van der Waals surface area contributed by atoms with Crippen LogP contribution in [0.2, 0.25) is 0 Å². The molecule has 0 atom stereocenters. The Balaban J connectivity index is 0.000000180. The van der Waals surface area contributed by atoms with E-state index in [2.05, 4.69) is 10.6 Å². The Morgan fingerprint density at radius 1 is 1.28 bits per heavy atom. The smallest absolute Gasteiger partial charge is 0.431 e. The topological polar surface area (TPSA) is 108 Å². The van der Waals surface area contributed by atoms with Crippen molar-refractivity contribution in [1.29, 1.82) is 0 Å². The van der Waals surface area contributed by atoms with E-state index >= 15 is 0 Å². The summed E-state index contributed by atoms with van der Waals surface area (Å²) in [6.07, 6.45) is 3.25. The first-order valence-corrected chi connectivity index (χ1v) is 4.94. The molecule has 18 heavy (non-hydrogen) atoms. The average molecular weight is 248 g/mol. The van der Waals surface area contributed by atoms with E-state index < -0.39 is 6.09 Å². The maximum Gasteiger partial charge on any atom is 0.431 e. The van der Waals surface area contributed by atoms with Gasteiger partial charge in [-0.2, -0.15) is 10.1 Å². The number of rotatable bonds is 1. The SMILES string of the molecule is NC(=O)c1ccccc1.O=C(O)N1C=CC=NN1. The van der Waals surface area contributed by atoms with Crippen LogP contribution in [0.5, 0.6) is 0 Å². The predicted molar refractivity (Wildman–Crippen MR) is 65.6 cm³/mol. The van der Waals surface area contributed by atoms with Crippen molar-refractivity contribution in [3.63, 3.8) is 0 Å². The number of nitrogens with zero attached hydrogens (tertiary/aromatic N) is 2. The van der Waals surface area contributed by atoms with Crippen LogP contribution < -0.4 is 11.3 Å². The van der Waals surface area contributed by atoms with Crippen LogP contribution in [0.1, 0.15) is 10.4 Å². The maximum absolute atomic E-state index is 10.4. The number of carbonyl (C=O) groups excluding carboxylic acids is 1. The second-order valence-electron chi connectivity index (χ2n) is 3.10. The fourth-order valence-electron chi connectivity index (χ4n) is 1.01. The van der Waals surface area contributed by atoms with Gasteiger partial charge in [0.05, 0.1) is 6.21 Å². The summed E-state index contributed by atoms with van der Waals surface area (Å²) < 4.78 is 0. The Morgan fingerprint density at radius 3 is 2.28 bits per heavy atom. The third-order valence-electron chi connectivity index (χ3n) is 1.83. The highest BCUT2D eigenvalue weighted by atomic mass is 16.4. The Morgan fingerprint density at radius 2 is 1.94 bits per heavy atom. The predicted octanol–water partition coefficient (Wildman–Crippen LogP) is 0.770. The van der Waals surface area contributed by atoms with Gasteiger partial charge in [0.25, 0.3) is 0 Å². The zero-order valence-corrected chi connectivity index (χ0v) is 9.35. The lowest BCUT2D eigenvalue weighted by atomic mass is 10.2. The largest absolute Gasteiger partial charge is 0.463 e. The van der Waals surface area contributed by atoms with Crippen LogP contribution in [-0.4, -0.2) is 28.3 Å². The molecule has 1 aromatic carbocycles. The number of primary amides is 1. The summed E-state index contributed by atoms with van der Waals surface area (Å²) in [7, 11) is 0. The Hall–Kier alpha value is -2.83. The Labute approximate surface area is 103 Å². The van der Waals surface area contributed by atoms with Crippen molar-refractivity contribution in [2.75, 3.05) is 0 Å². The second kappa shape index (κ2) is 6.69. The van der Waals surface area contributed by atoms with Gasteiger partial charge in [-0.05, 0) is 18.2 Å². The molecule has 2 amide bonds. The number of nitrogens with two attached hydrogens (primary N) is 1. The van der Waals surface area contributed by atoms with Crippen molar-refractivity contribution < 1.29 is 14.7 Å². The van der Waals surface area contributed by atoms with Gasteiger partial charge in [-0.3, -0.25) is 4.79 Å². The van der Waals surface area contributed by atoms with Crippen molar-refractivity contribution in [1.82, 2.24) is 10.5 Å². The maximum atomic E-state index is 10.4. The summed E-state index contributed by atoms with van der Waals surface area (Å²) in [5, 5.41) is 12.6. The lowest BCUT2D eigenvalue weighted by Gasteiger charge is -2.13. The van der Waals surface area contributed by atoms with Crippen LogP contribution in [-0.2, 0) is 0 Å². The Kier molecular flexibility index (Phi) is 4.92. The highest BCUT2D eigenvalue weighted by Crippen LogP contribution is 1.94. The number of hydrogen-bond donors (Lipinski definition) is 3. The molecule has 1 aliphatic rings. The van der Waals surface area contributed by atoms with E-state index in [1.165, 1.54) is 18.5 Å². The fraction of sp³-hybridized carbons (Fsp3) is 0. The minimum absolute atomic E-state index is 0.379. The van der Waals surface area contributed by atoms with Gasteiger partial charge >= 0.3 is 6.09 Å². The van der Waals surface area contributed by atoms with E-state index in [1.54, 1.807) is 24.3 Å². The molecule has 0 radical (unpaired) electrons. The lowest BCUT2D eigenvalue weighted by Crippen LogP contribution is -2.35. The molecular weight excluding hydrogens is 236 g/mol. The third kappa shape index (κ3) is 4.35. The average Bonchev–Trinajstić information content (AvgIpc) is 2.41. The first-order chi connectivity index (χ1) is 8.61. The molecule has 0 aromatic heterocycles. The standard InChI is InChI=1S/C7H7NO.C4H5N3O2/c8-7(9)6-4-2-1-3-5-6;8-4(9)7-3-1-2-5-6-7/h1-5H,(H2,8,9);1-3,6H,(H,8,9). The zero-order chi connectivity index (χ0) is 13.4. The van der Waals surface area contributed by atoms with E-state index in [0.29, 0.717) is 5.56 Å². The van der Waals surface area contributed by atoms with E-state index in [0.717, 1.165) is 5.01 Å². The number of allylic oxidation sites excluding steroid dienone is 1. The molecule has 0 spiro atoms. The molecule has 0 aliphatic carbocycles. The van der Waals surface area contributed by atoms with Gasteiger partial charge in [0.15, 0.2) is 0 Å². The minimum atomic E-state index is -1.08. The van der Waals surface area contributed by atoms with E-state index in [-0.39, 0.29) is 5.91 Å². The molecule has 0 unspecified atom stereocenters. The van der Waals surface area contributed by atoms with E-state index in [1.807, 2.05) is 6.07 Å². The molecule has 1 aliphatic heterocycles. The van der Waals surface area contributed by atoms with Gasteiger partial charge in [-0.25, -0.2) is 10.3 Å². The highest BCUT2D eigenvalue weighted by Gasteiger charge is 2.06. The zero-order valence-electron chi connectivity index (χ0n) is 9.35. The number of benzene rings is 1. The number of carbonyl (C=O) groups is 2. The van der Waals surface area contributed by atoms with Crippen molar-refractivity contribution in [2.45, 2.75) is 0 Å². The summed E-state index contributed by atoms with van der Waals surface area (Å²) in [5.41, 5.74) is 7.76. The summed E-state index contributed by atoms with van der Waals surface area (Å²) >= 11 is 0. The first kappa shape index (κ1) is 13.2. The Bertz CT molecular complexity index is 470. The van der Waals surface area contributed by atoms with Crippen LogP contribution >= 0.6 is 0 Å². The van der Waals surface area contributed by atoms with Gasteiger partial charge in [-0.1, -0.05) is 18.2 Å². The minimum Gasteiger partial charge on any atom is -0.463 e. The number of hydrogen-bond acceptors (Lipinski definition) is 4. The van der Waals surface area contributed by atoms with Crippen molar-refractivity contribution >= 4 is 18.2 Å². The molecule has 0 saturated carbocycles.